The van der Waals surface area contributed by atoms with Gasteiger partial charge in [-0.15, -0.1) is 0 Å². The van der Waals surface area contributed by atoms with Gasteiger partial charge in [-0.25, -0.2) is 4.79 Å². The van der Waals surface area contributed by atoms with E-state index in [9.17, 15) is 4.79 Å². The Labute approximate surface area is 121 Å². The highest BCUT2D eigenvalue weighted by Crippen LogP contribution is 2.11. The minimum atomic E-state index is -0.377. The summed E-state index contributed by atoms with van der Waals surface area (Å²) in [5.74, 6) is 0.713. The lowest BCUT2D eigenvalue weighted by Gasteiger charge is -2.24. The lowest BCUT2D eigenvalue weighted by molar-refractivity contribution is 0.236. The number of nitrogens with one attached hydrogen (secondary N) is 3. The van der Waals surface area contributed by atoms with E-state index < -0.39 is 0 Å². The van der Waals surface area contributed by atoms with Crippen LogP contribution >= 0.6 is 0 Å². The topological polar surface area (TPSA) is 74.8 Å². The average Bonchev–Trinajstić information content (AvgIpc) is 2.41. The highest BCUT2D eigenvalue weighted by molar-refractivity contribution is 5.84. The van der Waals surface area contributed by atoms with E-state index in [-0.39, 0.29) is 23.9 Å². The summed E-state index contributed by atoms with van der Waals surface area (Å²) in [5.41, 5.74) is 0. The Morgan fingerprint density at radius 1 is 1.50 bits per heavy atom. The van der Waals surface area contributed by atoms with Gasteiger partial charge in [-0.3, -0.25) is 10.3 Å². The number of hydrogen-bond acceptors (Lipinski definition) is 4. The van der Waals surface area contributed by atoms with Gasteiger partial charge in [0.15, 0.2) is 5.88 Å². The van der Waals surface area contributed by atoms with Crippen molar-refractivity contribution in [2.45, 2.75) is 33.2 Å². The highest BCUT2D eigenvalue weighted by Gasteiger charge is 2.23. The number of nitrogens with zero attached hydrogens (tertiary/aromatic N) is 1. The number of carbonyl (C=O) groups excluding carboxylic acids is 1. The second-order valence-corrected chi connectivity index (χ2v) is 4.22. The molecule has 0 aliphatic rings. The molecule has 0 bridgehead atoms. The normalized spacial score (nSPS) is 13.7. The Hall–Kier alpha value is -2.16. The molecule has 20 heavy (non-hydrogen) atoms. The maximum Gasteiger partial charge on any atom is 0.321 e. The van der Waals surface area contributed by atoms with Crippen molar-refractivity contribution in [3.63, 3.8) is 0 Å². The molecule has 6 heteroatoms. The third-order valence-electron chi connectivity index (χ3n) is 2.76. The molecule has 1 unspecified atom stereocenters. The highest BCUT2D eigenvalue weighted by atomic mass is 16.5. The van der Waals surface area contributed by atoms with Crippen LogP contribution in [0, 0.1) is 18.4 Å². The molecule has 112 valence electrons. The smallest absolute Gasteiger partial charge is 0.321 e. The maximum absolute atomic E-state index is 11.4. The lowest BCUT2D eigenvalue weighted by atomic mass is 9.99. The summed E-state index contributed by atoms with van der Waals surface area (Å²) in [6.07, 6.45) is 6.19. The molecule has 0 radical (unpaired) electrons. The van der Waals surface area contributed by atoms with Gasteiger partial charge in [-0.2, -0.15) is 0 Å². The van der Waals surface area contributed by atoms with E-state index in [1.807, 2.05) is 20.8 Å². The summed E-state index contributed by atoms with van der Waals surface area (Å²) in [7, 11) is 1.60. The van der Waals surface area contributed by atoms with Crippen LogP contribution in [-0.2, 0) is 4.74 Å². The molecule has 2 atom stereocenters. The van der Waals surface area contributed by atoms with Crippen molar-refractivity contribution in [2.24, 2.45) is 10.9 Å². The molecule has 0 fully saturated rings. The molecule has 3 N–H and O–H groups in total. The molecular formula is C14H24N4O2. The molecular weight excluding hydrogens is 256 g/mol. The maximum atomic E-state index is 11.4. The van der Waals surface area contributed by atoms with Gasteiger partial charge in [0.2, 0.25) is 5.90 Å². The van der Waals surface area contributed by atoms with Crippen LogP contribution < -0.4 is 16.0 Å². The zero-order valence-electron chi connectivity index (χ0n) is 12.6. The first-order valence-electron chi connectivity index (χ1n) is 6.59. The molecule has 0 saturated carbocycles. The lowest BCUT2D eigenvalue weighted by Crippen LogP contribution is -2.42. The van der Waals surface area contributed by atoms with Crippen LogP contribution in [0.25, 0.3) is 0 Å². The summed E-state index contributed by atoms with van der Waals surface area (Å²) in [5, 5.41) is 7.92. The van der Waals surface area contributed by atoms with E-state index in [0.29, 0.717) is 12.4 Å². The minimum absolute atomic E-state index is 0.101. The molecule has 0 aliphatic heterocycles. The van der Waals surface area contributed by atoms with Crippen LogP contribution in [0.5, 0.6) is 0 Å². The van der Waals surface area contributed by atoms with E-state index in [1.165, 1.54) is 0 Å². The molecule has 0 rings (SSSR count). The number of terminal acetylenes is 1. The monoisotopic (exact) mass is 280 g/mol. The van der Waals surface area contributed by atoms with Crippen molar-refractivity contribution in [2.75, 3.05) is 13.6 Å². The first-order valence-corrected chi connectivity index (χ1v) is 6.59. The molecule has 0 saturated heterocycles. The summed E-state index contributed by atoms with van der Waals surface area (Å²) in [6, 6.07) is 1.78. The van der Waals surface area contributed by atoms with Crippen molar-refractivity contribution in [1.29, 1.82) is 0 Å². The van der Waals surface area contributed by atoms with Crippen LogP contribution in [0.3, 0.4) is 0 Å². The molecule has 0 aromatic rings. The Morgan fingerprint density at radius 2 is 2.15 bits per heavy atom. The van der Waals surface area contributed by atoms with Crippen LogP contribution in [0.1, 0.15) is 27.2 Å². The zero-order valence-corrected chi connectivity index (χ0v) is 12.6. The predicted molar refractivity (Wildman–Crippen MR) is 81.0 cm³/mol. The van der Waals surface area contributed by atoms with Crippen molar-refractivity contribution in [3.05, 3.63) is 12.5 Å². The van der Waals surface area contributed by atoms with E-state index in [4.69, 9.17) is 11.2 Å². The fourth-order valence-electron chi connectivity index (χ4n) is 1.50. The number of carbonyl (C=O) groups is 1. The molecule has 0 heterocycles. The van der Waals surface area contributed by atoms with E-state index >= 15 is 0 Å². The number of urea groups is 1. The SMILES string of the molecule is C#CNC(C(=NC)OC(=C)NC(=O)NCC)[C@@H](C)CC. The third kappa shape index (κ3) is 6.14. The largest absolute Gasteiger partial charge is 0.425 e. The van der Waals surface area contributed by atoms with E-state index in [1.54, 1.807) is 7.05 Å². The zero-order chi connectivity index (χ0) is 15.5. The second-order valence-electron chi connectivity index (χ2n) is 4.22. The molecule has 0 aromatic heterocycles. The van der Waals surface area contributed by atoms with Gasteiger partial charge < -0.3 is 15.4 Å². The van der Waals surface area contributed by atoms with Gasteiger partial charge in [-0.1, -0.05) is 26.7 Å². The number of amides is 2. The Morgan fingerprint density at radius 3 is 2.60 bits per heavy atom. The Bertz CT molecular complexity index is 398. The van der Waals surface area contributed by atoms with Crippen LogP contribution in [0.4, 0.5) is 4.79 Å². The van der Waals surface area contributed by atoms with Crippen LogP contribution in [0.15, 0.2) is 17.5 Å². The van der Waals surface area contributed by atoms with Gasteiger partial charge in [-0.05, 0) is 19.4 Å². The van der Waals surface area contributed by atoms with Crippen LogP contribution in [-0.4, -0.2) is 31.6 Å². The predicted octanol–water partition coefficient (Wildman–Crippen LogP) is 1.42. The number of rotatable bonds is 7. The summed E-state index contributed by atoms with van der Waals surface area (Å²) < 4.78 is 5.48. The molecule has 6 nitrogen and oxygen atoms in total. The quantitative estimate of drug-likeness (QED) is 0.217. The third-order valence-corrected chi connectivity index (χ3v) is 2.76. The van der Waals surface area contributed by atoms with Gasteiger partial charge in [0, 0.05) is 19.6 Å². The first-order chi connectivity index (χ1) is 9.49. The van der Waals surface area contributed by atoms with Gasteiger partial charge in [0.05, 0.1) is 0 Å². The number of ether oxygens (including phenoxy) is 1. The second kappa shape index (κ2) is 9.73. The molecule has 2 amide bonds. The fourth-order valence-corrected chi connectivity index (χ4v) is 1.50. The first kappa shape index (κ1) is 17.8. The van der Waals surface area contributed by atoms with Crippen molar-refractivity contribution >= 4 is 11.9 Å². The molecule has 0 spiro atoms. The van der Waals surface area contributed by atoms with Crippen molar-refractivity contribution in [1.82, 2.24) is 16.0 Å². The van der Waals surface area contributed by atoms with Gasteiger partial charge >= 0.3 is 6.03 Å². The van der Waals surface area contributed by atoms with Crippen LogP contribution in [0.2, 0.25) is 0 Å². The Balaban J connectivity index is 4.71. The molecule has 0 aromatic carbocycles. The van der Waals surface area contributed by atoms with Gasteiger partial charge in [0.25, 0.3) is 0 Å². The van der Waals surface area contributed by atoms with E-state index in [2.05, 4.69) is 33.6 Å². The standard InChI is InChI=1S/C14H24N4O2/c1-7-10(4)12(16-8-2)13(15-6)20-11(5)18-14(19)17-9-3/h2,10,12,16H,5,7,9H2,1,3-4,6H3,(H2,17,18,19)/t10-,12?/m0/s1. The summed E-state index contributed by atoms with van der Waals surface area (Å²) >= 11 is 0. The fraction of sp³-hybridized carbons (Fsp3) is 0.571. The number of aliphatic imine (C=N–C) groups is 1. The number of hydrogen-bond donors (Lipinski definition) is 3. The van der Waals surface area contributed by atoms with E-state index in [0.717, 1.165) is 6.42 Å². The Kier molecular flexibility index (Phi) is 8.68. The summed E-state index contributed by atoms with van der Waals surface area (Å²) in [6.45, 7) is 10.0. The average molecular weight is 280 g/mol. The summed E-state index contributed by atoms with van der Waals surface area (Å²) in [4.78, 5) is 15.4. The molecule has 0 aliphatic carbocycles. The van der Waals surface area contributed by atoms with Gasteiger partial charge in [0.1, 0.15) is 6.04 Å². The van der Waals surface area contributed by atoms with Crippen molar-refractivity contribution in [3.8, 4) is 12.5 Å². The minimum Gasteiger partial charge on any atom is -0.425 e. The van der Waals surface area contributed by atoms with Crippen molar-refractivity contribution < 1.29 is 9.53 Å².